The predicted octanol–water partition coefficient (Wildman–Crippen LogP) is -1.77. The van der Waals surface area contributed by atoms with Crippen molar-refractivity contribution in [3.63, 3.8) is 0 Å². The van der Waals surface area contributed by atoms with E-state index in [2.05, 4.69) is 45.0 Å². The van der Waals surface area contributed by atoms with Crippen LogP contribution in [0.15, 0.2) is 107 Å². The Kier molecular flexibility index (Phi) is 11.8. The van der Waals surface area contributed by atoms with Gasteiger partial charge in [-0.3, -0.25) is 0 Å². The first kappa shape index (κ1) is 34.3. The van der Waals surface area contributed by atoms with Crippen molar-refractivity contribution in [1.82, 2.24) is 0 Å². The molecule has 0 N–H and O–H groups in total. The fourth-order valence-corrected chi connectivity index (χ4v) is 7.53. The van der Waals surface area contributed by atoms with Crippen LogP contribution in [0.1, 0.15) is 26.3 Å². The molecule has 11 heteroatoms. The maximum atomic E-state index is 11.7. The van der Waals surface area contributed by atoms with Gasteiger partial charge in [-0.2, -0.15) is 0 Å². The first-order valence-electron chi connectivity index (χ1n) is 11.4. The zero-order valence-corrected chi connectivity index (χ0v) is 29.0. The first-order chi connectivity index (χ1) is 17.2. The van der Waals surface area contributed by atoms with Gasteiger partial charge in [0.25, 0.3) is 0 Å². The van der Waals surface area contributed by atoms with Crippen LogP contribution in [0.25, 0.3) is 11.1 Å². The average Bonchev–Trinajstić information content (AvgIpc) is 2.84. The third-order valence-corrected chi connectivity index (χ3v) is 10.0. The molecule has 0 radical (unpaired) electrons. The molecular formula is C28H25Na2O6PS2. The average molecular weight is 599 g/mol. The quantitative estimate of drug-likeness (QED) is 0.148. The first-order valence-corrected chi connectivity index (χ1v) is 15.5. The molecule has 0 aromatic heterocycles. The zero-order chi connectivity index (χ0) is 27.0. The Hall–Kier alpha value is -0.870. The number of rotatable bonds is 6. The summed E-state index contributed by atoms with van der Waals surface area (Å²) < 4.78 is 70.1. The van der Waals surface area contributed by atoms with E-state index < -0.39 is 28.2 Å². The van der Waals surface area contributed by atoms with E-state index in [4.69, 9.17) is 0 Å². The van der Waals surface area contributed by atoms with Crippen LogP contribution < -0.4 is 75.0 Å². The minimum Gasteiger partial charge on any atom is -0.744 e. The van der Waals surface area contributed by atoms with Crippen LogP contribution in [0.4, 0.5) is 0 Å². The molecule has 0 aliphatic rings. The Morgan fingerprint density at radius 3 is 1.31 bits per heavy atom. The van der Waals surface area contributed by atoms with E-state index in [1.165, 1.54) is 42.0 Å². The van der Waals surface area contributed by atoms with Gasteiger partial charge in [-0.05, 0) is 70.2 Å². The molecule has 192 valence electrons. The van der Waals surface area contributed by atoms with Crippen LogP contribution in [-0.2, 0) is 25.7 Å². The van der Waals surface area contributed by atoms with Crippen LogP contribution in [0.3, 0.4) is 0 Å². The van der Waals surface area contributed by atoms with E-state index in [9.17, 15) is 25.9 Å². The normalized spacial score (nSPS) is 11.9. The summed E-state index contributed by atoms with van der Waals surface area (Å²) in [6, 6.07) is 27.4. The van der Waals surface area contributed by atoms with Gasteiger partial charge >= 0.3 is 59.1 Å². The van der Waals surface area contributed by atoms with E-state index in [0.717, 1.165) is 16.4 Å². The maximum Gasteiger partial charge on any atom is 1.00 e. The van der Waals surface area contributed by atoms with Gasteiger partial charge in [0, 0.05) is 0 Å². The number of hydrogen-bond acceptors (Lipinski definition) is 6. The second kappa shape index (κ2) is 13.4. The Morgan fingerprint density at radius 1 is 0.564 bits per heavy atom. The molecule has 0 saturated heterocycles. The summed E-state index contributed by atoms with van der Waals surface area (Å²) in [6.45, 7) is 6.46. The minimum atomic E-state index is -4.70. The molecule has 0 spiro atoms. The topological polar surface area (TPSA) is 114 Å². The van der Waals surface area contributed by atoms with Crippen molar-refractivity contribution in [2.75, 3.05) is 0 Å². The molecule has 0 fully saturated rings. The van der Waals surface area contributed by atoms with E-state index in [0.29, 0.717) is 10.6 Å². The largest absolute Gasteiger partial charge is 1.00 e. The van der Waals surface area contributed by atoms with Gasteiger partial charge in [0.15, 0.2) is 0 Å². The maximum absolute atomic E-state index is 11.7. The molecule has 0 unspecified atom stereocenters. The van der Waals surface area contributed by atoms with Crippen LogP contribution in [0, 0.1) is 0 Å². The molecule has 39 heavy (non-hydrogen) atoms. The molecule has 6 nitrogen and oxygen atoms in total. The third kappa shape index (κ3) is 8.57. The fraction of sp³-hybridized carbons (Fsp3) is 0.143. The zero-order valence-electron chi connectivity index (χ0n) is 22.5. The molecule has 4 rings (SSSR count). The molecule has 0 heterocycles. The van der Waals surface area contributed by atoms with Crippen molar-refractivity contribution in [3.05, 3.63) is 103 Å². The molecule has 4 aromatic carbocycles. The van der Waals surface area contributed by atoms with Crippen molar-refractivity contribution in [2.45, 2.75) is 36.0 Å². The molecule has 0 bridgehead atoms. The molecule has 4 aromatic rings. The Bertz CT molecular complexity index is 1570. The van der Waals surface area contributed by atoms with Crippen molar-refractivity contribution in [1.29, 1.82) is 0 Å². The summed E-state index contributed by atoms with van der Waals surface area (Å²) in [7, 11) is -10.9. The smallest absolute Gasteiger partial charge is 0.744 e. The van der Waals surface area contributed by atoms with Crippen LogP contribution in [0.5, 0.6) is 0 Å². The van der Waals surface area contributed by atoms with E-state index in [1.807, 2.05) is 24.3 Å². The molecule has 0 aliphatic heterocycles. The van der Waals surface area contributed by atoms with E-state index in [-0.39, 0.29) is 74.3 Å². The second-order valence-corrected chi connectivity index (χ2v) is 14.6. The van der Waals surface area contributed by atoms with Gasteiger partial charge in [-0.1, -0.05) is 93.6 Å². The number of benzene rings is 4. The Morgan fingerprint density at radius 2 is 0.949 bits per heavy atom. The second-order valence-electron chi connectivity index (χ2n) is 9.61. The van der Waals surface area contributed by atoms with Gasteiger partial charge < -0.3 is 9.11 Å². The Labute approximate surface area is 276 Å². The summed E-state index contributed by atoms with van der Waals surface area (Å²) in [4.78, 5) is -0.749. The Balaban J connectivity index is 0.00000267. The standard InChI is InChI=1S/C28H27O6PS2.2Na/c1-28(2,3)22-14-10-20(11-15-22)21-12-16-23(17-13-21)35(24-6-4-8-26(18-24)36(29,30)31)25-7-5-9-27(19-25)37(32,33)34;;/h4-19H,1-3H3,(H,29,30,31)(H,32,33,34);;/q;2*+1/p-2. The van der Waals surface area contributed by atoms with Crippen LogP contribution in [-0.4, -0.2) is 25.9 Å². The van der Waals surface area contributed by atoms with Gasteiger partial charge in [0.1, 0.15) is 20.2 Å². The molecule has 0 amide bonds. The number of hydrogen-bond donors (Lipinski definition) is 0. The summed E-state index contributed by atoms with van der Waals surface area (Å²) in [6.07, 6.45) is 0. The van der Waals surface area contributed by atoms with Crippen molar-refractivity contribution in [2.24, 2.45) is 0 Å². The van der Waals surface area contributed by atoms with E-state index in [1.54, 1.807) is 12.1 Å². The summed E-state index contributed by atoms with van der Waals surface area (Å²) in [5, 5.41) is 1.87. The van der Waals surface area contributed by atoms with Gasteiger partial charge in [-0.25, -0.2) is 16.8 Å². The molecule has 0 aliphatic carbocycles. The van der Waals surface area contributed by atoms with Gasteiger partial charge in [0.2, 0.25) is 0 Å². The van der Waals surface area contributed by atoms with Crippen molar-refractivity contribution in [3.8, 4) is 11.1 Å². The third-order valence-electron chi connectivity index (χ3n) is 5.94. The summed E-state index contributed by atoms with van der Waals surface area (Å²) in [5.74, 6) is 0. The van der Waals surface area contributed by atoms with Gasteiger partial charge in [-0.15, -0.1) is 0 Å². The minimum absolute atomic E-state index is 0. The monoisotopic (exact) mass is 598 g/mol. The van der Waals surface area contributed by atoms with Crippen molar-refractivity contribution < 1.29 is 85.1 Å². The SMILES string of the molecule is CC(C)(C)c1ccc(-c2ccc(P(c3cccc(S(=O)(=O)[O-])c3)c3cccc(S(=O)(=O)[O-])c3)cc2)cc1.[Na+].[Na+]. The summed E-state index contributed by atoms with van der Waals surface area (Å²) >= 11 is 0. The van der Waals surface area contributed by atoms with Crippen molar-refractivity contribution >= 4 is 44.1 Å². The van der Waals surface area contributed by atoms with E-state index >= 15 is 0 Å². The fourth-order valence-electron chi connectivity index (χ4n) is 3.97. The van der Waals surface area contributed by atoms with Crippen LogP contribution in [0.2, 0.25) is 0 Å². The molecule has 0 saturated carbocycles. The van der Waals surface area contributed by atoms with Crippen LogP contribution >= 0.6 is 7.92 Å². The molecule has 0 atom stereocenters. The summed E-state index contributed by atoms with van der Waals surface area (Å²) in [5.41, 5.74) is 3.27. The van der Waals surface area contributed by atoms with Gasteiger partial charge in [0.05, 0.1) is 9.79 Å². The molecular weight excluding hydrogens is 573 g/mol. The predicted molar refractivity (Wildman–Crippen MR) is 145 cm³/mol.